The molecule has 0 unspecified atom stereocenters. The molecule has 122 valence electrons. The van der Waals surface area contributed by atoms with Crippen molar-refractivity contribution in [1.82, 2.24) is 9.62 Å². The lowest BCUT2D eigenvalue weighted by Gasteiger charge is -2.30. The van der Waals surface area contributed by atoms with Gasteiger partial charge in [0.1, 0.15) is 0 Å². The maximum atomic E-state index is 12.6. The highest BCUT2D eigenvalue weighted by Crippen LogP contribution is 2.22. The number of carbonyl (C=O) groups is 1. The van der Waals surface area contributed by atoms with Crippen molar-refractivity contribution in [1.29, 1.82) is 0 Å². The van der Waals surface area contributed by atoms with Crippen LogP contribution in [0.15, 0.2) is 29.2 Å². The maximum absolute atomic E-state index is 12.6. The number of piperidine rings is 1. The molecule has 1 aromatic rings. The number of carbonyl (C=O) groups excluding carboxylic acids is 1. The van der Waals surface area contributed by atoms with E-state index in [1.165, 1.54) is 16.4 Å². The van der Waals surface area contributed by atoms with E-state index in [0.717, 1.165) is 25.9 Å². The van der Waals surface area contributed by atoms with Gasteiger partial charge in [0.15, 0.2) is 0 Å². The van der Waals surface area contributed by atoms with Gasteiger partial charge in [-0.05, 0) is 50.2 Å². The third-order valence-corrected chi connectivity index (χ3v) is 5.88. The maximum Gasteiger partial charge on any atom is 0.243 e. The Bertz CT molecular complexity index is 607. The average molecular weight is 325 g/mol. The largest absolute Gasteiger partial charge is 0.326 e. The highest BCUT2D eigenvalue weighted by Gasteiger charge is 2.28. The first-order chi connectivity index (χ1) is 10.4. The zero-order chi connectivity index (χ0) is 16.2. The first-order valence-corrected chi connectivity index (χ1v) is 8.98. The van der Waals surface area contributed by atoms with Crippen LogP contribution in [0.5, 0.6) is 0 Å². The SMILES string of the molecule is CCC(=O)Nc1ccc(S(=O)(=O)N(C)C2CCNCC2)cc1. The van der Waals surface area contributed by atoms with Gasteiger partial charge in [0.25, 0.3) is 0 Å². The third kappa shape index (κ3) is 3.85. The predicted octanol–water partition coefficient (Wildman–Crippen LogP) is 1.41. The number of anilines is 1. The Hall–Kier alpha value is -1.44. The van der Waals surface area contributed by atoms with Crippen LogP contribution in [0.3, 0.4) is 0 Å². The summed E-state index contributed by atoms with van der Waals surface area (Å²) in [5.74, 6) is -0.0950. The summed E-state index contributed by atoms with van der Waals surface area (Å²) >= 11 is 0. The zero-order valence-electron chi connectivity index (χ0n) is 13.0. The van der Waals surface area contributed by atoms with E-state index in [2.05, 4.69) is 10.6 Å². The molecule has 0 aliphatic carbocycles. The summed E-state index contributed by atoms with van der Waals surface area (Å²) in [4.78, 5) is 11.6. The van der Waals surface area contributed by atoms with Gasteiger partial charge in [-0.1, -0.05) is 6.92 Å². The van der Waals surface area contributed by atoms with E-state index in [0.29, 0.717) is 12.1 Å². The molecule has 1 fully saturated rings. The molecule has 0 atom stereocenters. The fourth-order valence-electron chi connectivity index (χ4n) is 2.49. The van der Waals surface area contributed by atoms with E-state index in [1.54, 1.807) is 26.1 Å². The number of rotatable bonds is 5. The Balaban J connectivity index is 2.13. The van der Waals surface area contributed by atoms with Crippen molar-refractivity contribution in [3.05, 3.63) is 24.3 Å². The molecule has 6 nitrogen and oxygen atoms in total. The van der Waals surface area contributed by atoms with Gasteiger partial charge in [-0.25, -0.2) is 8.42 Å². The summed E-state index contributed by atoms with van der Waals surface area (Å²) in [5, 5.41) is 5.94. The van der Waals surface area contributed by atoms with Crippen molar-refractivity contribution in [2.24, 2.45) is 0 Å². The number of nitrogens with zero attached hydrogens (tertiary/aromatic N) is 1. The molecule has 22 heavy (non-hydrogen) atoms. The summed E-state index contributed by atoms with van der Waals surface area (Å²) < 4.78 is 26.7. The van der Waals surface area contributed by atoms with E-state index in [1.807, 2.05) is 0 Å². The van der Waals surface area contributed by atoms with Crippen LogP contribution in [0.2, 0.25) is 0 Å². The average Bonchev–Trinajstić information content (AvgIpc) is 2.55. The summed E-state index contributed by atoms with van der Waals surface area (Å²) in [6, 6.07) is 6.36. The molecule has 2 N–H and O–H groups in total. The van der Waals surface area contributed by atoms with Gasteiger partial charge in [-0.2, -0.15) is 4.31 Å². The van der Waals surface area contributed by atoms with Crippen LogP contribution < -0.4 is 10.6 Å². The van der Waals surface area contributed by atoms with Gasteiger partial charge < -0.3 is 10.6 Å². The highest BCUT2D eigenvalue weighted by atomic mass is 32.2. The van der Waals surface area contributed by atoms with Crippen molar-refractivity contribution in [2.45, 2.75) is 37.1 Å². The Labute approximate surface area is 131 Å². The Morgan fingerprint density at radius 2 is 1.86 bits per heavy atom. The van der Waals surface area contributed by atoms with Gasteiger partial charge in [0, 0.05) is 25.2 Å². The first kappa shape index (κ1) is 16.9. The summed E-state index contributed by atoms with van der Waals surface area (Å²) in [6.07, 6.45) is 2.03. The van der Waals surface area contributed by atoms with Crippen LogP contribution in [0.4, 0.5) is 5.69 Å². The molecule has 0 radical (unpaired) electrons. The van der Waals surface area contributed by atoms with Gasteiger partial charge in [0.05, 0.1) is 4.90 Å². The van der Waals surface area contributed by atoms with Crippen LogP contribution in [-0.2, 0) is 14.8 Å². The number of sulfonamides is 1. The Morgan fingerprint density at radius 1 is 1.27 bits per heavy atom. The first-order valence-electron chi connectivity index (χ1n) is 7.54. The Kier molecular flexibility index (Phi) is 5.55. The van der Waals surface area contributed by atoms with Crippen molar-refractivity contribution in [2.75, 3.05) is 25.5 Å². The van der Waals surface area contributed by atoms with Crippen molar-refractivity contribution < 1.29 is 13.2 Å². The van der Waals surface area contributed by atoms with Crippen LogP contribution >= 0.6 is 0 Å². The molecular weight excluding hydrogens is 302 g/mol. The van der Waals surface area contributed by atoms with Crippen molar-refractivity contribution in [3.63, 3.8) is 0 Å². The van der Waals surface area contributed by atoms with Crippen LogP contribution in [0.25, 0.3) is 0 Å². The second-order valence-electron chi connectivity index (χ2n) is 5.43. The molecule has 0 bridgehead atoms. The van der Waals surface area contributed by atoms with Crippen LogP contribution in [-0.4, -0.2) is 44.8 Å². The molecule has 1 saturated heterocycles. The van der Waals surface area contributed by atoms with Crippen molar-refractivity contribution >= 4 is 21.6 Å². The fourth-order valence-corrected chi connectivity index (χ4v) is 3.91. The normalized spacial score (nSPS) is 16.7. The number of amides is 1. The van der Waals surface area contributed by atoms with Crippen LogP contribution in [0, 0.1) is 0 Å². The minimum Gasteiger partial charge on any atom is -0.326 e. The van der Waals surface area contributed by atoms with E-state index in [9.17, 15) is 13.2 Å². The molecule has 1 aromatic carbocycles. The van der Waals surface area contributed by atoms with Gasteiger partial charge in [-0.3, -0.25) is 4.79 Å². The fraction of sp³-hybridized carbons (Fsp3) is 0.533. The lowest BCUT2D eigenvalue weighted by atomic mass is 10.1. The summed E-state index contributed by atoms with van der Waals surface area (Å²) in [7, 11) is -1.86. The molecule has 1 aliphatic heterocycles. The van der Waals surface area contributed by atoms with Crippen molar-refractivity contribution in [3.8, 4) is 0 Å². The van der Waals surface area contributed by atoms with E-state index >= 15 is 0 Å². The summed E-state index contributed by atoms with van der Waals surface area (Å²) in [6.45, 7) is 3.45. The number of hydrogen-bond donors (Lipinski definition) is 2. The van der Waals surface area contributed by atoms with E-state index in [4.69, 9.17) is 0 Å². The van der Waals surface area contributed by atoms with E-state index in [-0.39, 0.29) is 16.8 Å². The monoisotopic (exact) mass is 325 g/mol. The van der Waals surface area contributed by atoms with E-state index < -0.39 is 10.0 Å². The lowest BCUT2D eigenvalue weighted by molar-refractivity contribution is -0.115. The minimum atomic E-state index is -3.50. The lowest BCUT2D eigenvalue weighted by Crippen LogP contribution is -2.43. The van der Waals surface area contributed by atoms with Gasteiger partial charge >= 0.3 is 0 Å². The second kappa shape index (κ2) is 7.21. The molecule has 1 heterocycles. The second-order valence-corrected chi connectivity index (χ2v) is 7.43. The zero-order valence-corrected chi connectivity index (χ0v) is 13.8. The topological polar surface area (TPSA) is 78.5 Å². The number of benzene rings is 1. The van der Waals surface area contributed by atoms with Gasteiger partial charge in [0.2, 0.25) is 15.9 Å². The standard InChI is InChI=1S/C15H23N3O3S/c1-3-15(19)17-12-4-6-14(7-5-12)22(20,21)18(2)13-8-10-16-11-9-13/h4-7,13,16H,3,8-11H2,1-2H3,(H,17,19). The summed E-state index contributed by atoms with van der Waals surface area (Å²) in [5.41, 5.74) is 0.607. The molecule has 0 spiro atoms. The molecule has 1 aliphatic rings. The van der Waals surface area contributed by atoms with Gasteiger partial charge in [-0.15, -0.1) is 0 Å². The highest BCUT2D eigenvalue weighted by molar-refractivity contribution is 7.89. The molecule has 0 saturated carbocycles. The smallest absolute Gasteiger partial charge is 0.243 e. The quantitative estimate of drug-likeness (QED) is 0.858. The number of nitrogens with one attached hydrogen (secondary N) is 2. The number of hydrogen-bond acceptors (Lipinski definition) is 4. The molecule has 0 aromatic heterocycles. The molecule has 7 heteroatoms. The molecule has 1 amide bonds. The predicted molar refractivity (Wildman–Crippen MR) is 86.2 cm³/mol. The molecular formula is C15H23N3O3S. The van der Waals surface area contributed by atoms with Crippen LogP contribution in [0.1, 0.15) is 26.2 Å². The Morgan fingerprint density at radius 3 is 2.41 bits per heavy atom. The minimum absolute atomic E-state index is 0.0331. The molecule has 2 rings (SSSR count). The third-order valence-electron chi connectivity index (χ3n) is 3.96.